The lowest BCUT2D eigenvalue weighted by Gasteiger charge is -2.05. The van der Waals surface area contributed by atoms with Crippen LogP contribution in [-0.2, 0) is 6.54 Å². The number of benzene rings is 2. The average molecular weight is 434 g/mol. The molecule has 2 heterocycles. The van der Waals surface area contributed by atoms with E-state index in [1.807, 2.05) is 69.3 Å². The van der Waals surface area contributed by atoms with E-state index in [9.17, 15) is 4.39 Å². The van der Waals surface area contributed by atoms with Gasteiger partial charge in [-0.05, 0) is 12.5 Å². The van der Waals surface area contributed by atoms with Crippen LogP contribution in [0, 0.1) is 6.92 Å². The first-order valence-corrected chi connectivity index (χ1v) is 10.7. The smallest absolute Gasteiger partial charge is 0.189 e. The predicted octanol–water partition coefficient (Wildman–Crippen LogP) is 5.44. The summed E-state index contributed by atoms with van der Waals surface area (Å²) in [7, 11) is 0. The number of nitrogen functional groups attached to an aromatic ring is 1. The molecule has 0 fully saturated rings. The maximum absolute atomic E-state index is 12.2. The van der Waals surface area contributed by atoms with E-state index in [1.54, 1.807) is 12.3 Å². The van der Waals surface area contributed by atoms with E-state index in [1.165, 1.54) is 5.56 Å². The maximum atomic E-state index is 12.2. The highest BCUT2D eigenvalue weighted by Gasteiger charge is 2.15. The van der Waals surface area contributed by atoms with Gasteiger partial charge in [-0.25, -0.2) is 14.4 Å². The Hall–Kier alpha value is -3.58. The second kappa shape index (κ2) is 11.2. The largest absolute Gasteiger partial charge is 0.382 e. The second-order valence-electron chi connectivity index (χ2n) is 6.99. The summed E-state index contributed by atoms with van der Waals surface area (Å²) in [4.78, 5) is 8.92. The molecule has 2 aromatic carbocycles. The van der Waals surface area contributed by atoms with Gasteiger partial charge in [0.2, 0.25) is 0 Å². The lowest BCUT2D eigenvalue weighted by molar-refractivity contribution is 0.434. The summed E-state index contributed by atoms with van der Waals surface area (Å²) >= 11 is 0. The summed E-state index contributed by atoms with van der Waals surface area (Å²) in [6.07, 6.45) is 1.65. The van der Waals surface area contributed by atoms with Gasteiger partial charge in [-0.1, -0.05) is 73.1 Å². The molecule has 0 unspecified atom stereocenters. The number of nitrogens with two attached hydrogens (primary N) is 1. The zero-order valence-corrected chi connectivity index (χ0v) is 18.6. The van der Waals surface area contributed by atoms with Crippen LogP contribution in [0.3, 0.4) is 0 Å². The van der Waals surface area contributed by atoms with Crippen LogP contribution in [0.4, 0.5) is 10.2 Å². The van der Waals surface area contributed by atoms with Crippen molar-refractivity contribution in [2.24, 2.45) is 0 Å². The number of anilines is 1. The summed E-state index contributed by atoms with van der Waals surface area (Å²) in [6.45, 7) is 6.62. The van der Waals surface area contributed by atoms with Gasteiger partial charge in [0.25, 0.3) is 0 Å². The maximum Gasteiger partial charge on any atom is 0.189 e. The summed E-state index contributed by atoms with van der Waals surface area (Å²) in [5.41, 5.74) is 12.0. The van der Waals surface area contributed by atoms with Crippen molar-refractivity contribution in [3.05, 3.63) is 71.9 Å². The molecule has 0 atom stereocenters. The van der Waals surface area contributed by atoms with Gasteiger partial charge in [0.05, 0.1) is 11.9 Å². The molecule has 0 bridgehead atoms. The van der Waals surface area contributed by atoms with Crippen molar-refractivity contribution in [2.45, 2.75) is 27.3 Å². The second-order valence-corrected chi connectivity index (χ2v) is 6.99. The molecule has 0 aliphatic heterocycles. The quantitative estimate of drug-likeness (QED) is 0.377. The Morgan fingerprint density at radius 2 is 1.62 bits per heavy atom. The molecule has 0 amide bonds. The van der Waals surface area contributed by atoms with Crippen LogP contribution in [-0.4, -0.2) is 28.3 Å². The normalized spacial score (nSPS) is 10.5. The van der Waals surface area contributed by atoms with Crippen LogP contribution < -0.4 is 11.1 Å². The highest BCUT2D eigenvalue weighted by atomic mass is 19.1. The fourth-order valence-electron chi connectivity index (χ4n) is 3.06. The van der Waals surface area contributed by atoms with Crippen LogP contribution in [0.5, 0.6) is 0 Å². The number of hydrogen-bond donors (Lipinski definition) is 2. The fourth-order valence-corrected chi connectivity index (χ4v) is 3.06. The fraction of sp³-hybridized carbons (Fsp3) is 0.240. The number of rotatable bonds is 7. The van der Waals surface area contributed by atoms with E-state index < -0.39 is 0 Å². The molecule has 32 heavy (non-hydrogen) atoms. The minimum atomic E-state index is -0.378. The monoisotopic (exact) mass is 433 g/mol. The third kappa shape index (κ3) is 5.56. The molecule has 0 radical (unpaired) electrons. The molecular weight excluding hydrogens is 405 g/mol. The Kier molecular flexibility index (Phi) is 8.05. The lowest BCUT2D eigenvalue weighted by Crippen LogP contribution is -2.15. The zero-order valence-electron chi connectivity index (χ0n) is 18.6. The minimum absolute atomic E-state index is 0.280. The zero-order chi connectivity index (χ0) is 22.9. The van der Waals surface area contributed by atoms with Crippen LogP contribution in [0.2, 0.25) is 0 Å². The molecule has 0 aliphatic rings. The minimum Gasteiger partial charge on any atom is -0.382 e. The molecular formula is C25H28FN5O. The number of nitrogens with one attached hydrogen (secondary N) is 1. The first kappa shape index (κ1) is 23.1. The van der Waals surface area contributed by atoms with E-state index >= 15 is 0 Å². The van der Waals surface area contributed by atoms with E-state index in [0.29, 0.717) is 35.9 Å². The molecule has 0 saturated carbocycles. The topological polar surface area (TPSA) is 89.9 Å². The molecule has 7 heteroatoms. The average Bonchev–Trinajstić information content (AvgIpc) is 3.32. The summed E-state index contributed by atoms with van der Waals surface area (Å²) < 4.78 is 17.7. The van der Waals surface area contributed by atoms with Crippen molar-refractivity contribution < 1.29 is 8.91 Å². The van der Waals surface area contributed by atoms with E-state index in [0.717, 1.165) is 16.7 Å². The molecule has 3 N–H and O–H groups in total. The Balaban J connectivity index is 0.00000141. The van der Waals surface area contributed by atoms with Gasteiger partial charge in [-0.3, -0.25) is 0 Å². The highest BCUT2D eigenvalue weighted by Crippen LogP contribution is 2.29. The third-order valence-corrected chi connectivity index (χ3v) is 4.74. The number of aryl methyl sites for hydroxylation is 1. The van der Waals surface area contributed by atoms with Crippen LogP contribution in [0.25, 0.3) is 34.0 Å². The molecule has 0 aliphatic carbocycles. The summed E-state index contributed by atoms with van der Waals surface area (Å²) in [6, 6.07) is 17.7. The molecule has 4 aromatic rings. The standard InChI is InChI=1S/C23H22FN5O.C2H6/c1-15-2-6-18(7-3-15)20-14-27-23(25)22(28-20)21-12-19(29-30-21)17-8-4-16(5-9-17)13-26-11-10-24;1-2/h2-9,12,14,26H,10-11,13H2,1H3,(H2,25,27);1-2H3. The molecule has 166 valence electrons. The number of alkyl halides is 1. The first-order valence-electron chi connectivity index (χ1n) is 10.7. The number of halogens is 1. The van der Waals surface area contributed by atoms with E-state index in [2.05, 4.69) is 20.4 Å². The van der Waals surface area contributed by atoms with Crippen molar-refractivity contribution >= 4 is 5.82 Å². The lowest BCUT2D eigenvalue weighted by atomic mass is 10.1. The van der Waals surface area contributed by atoms with Crippen LogP contribution in [0.15, 0.2) is 65.3 Å². The van der Waals surface area contributed by atoms with Crippen molar-refractivity contribution in [1.82, 2.24) is 20.4 Å². The number of hydrogen-bond acceptors (Lipinski definition) is 6. The van der Waals surface area contributed by atoms with Gasteiger partial charge in [0.15, 0.2) is 17.3 Å². The molecule has 4 rings (SSSR count). The highest BCUT2D eigenvalue weighted by molar-refractivity contribution is 5.73. The molecule has 0 spiro atoms. The number of aromatic nitrogens is 3. The van der Waals surface area contributed by atoms with Gasteiger partial charge in [-0.2, -0.15) is 0 Å². The van der Waals surface area contributed by atoms with E-state index in [4.69, 9.17) is 10.3 Å². The summed E-state index contributed by atoms with van der Waals surface area (Å²) in [5, 5.41) is 7.19. The Bertz CT molecular complexity index is 1120. The first-order chi connectivity index (χ1) is 15.6. The third-order valence-electron chi connectivity index (χ3n) is 4.74. The van der Waals surface area contributed by atoms with Crippen LogP contribution in [0.1, 0.15) is 25.0 Å². The summed E-state index contributed by atoms with van der Waals surface area (Å²) in [5.74, 6) is 0.737. The molecule has 2 aromatic heterocycles. The van der Waals surface area contributed by atoms with Crippen molar-refractivity contribution in [3.8, 4) is 34.0 Å². The van der Waals surface area contributed by atoms with Crippen molar-refractivity contribution in [1.29, 1.82) is 0 Å². The molecule has 6 nitrogen and oxygen atoms in total. The Labute approximate surface area is 187 Å². The van der Waals surface area contributed by atoms with Gasteiger partial charge in [0.1, 0.15) is 12.4 Å². The van der Waals surface area contributed by atoms with E-state index in [-0.39, 0.29) is 12.5 Å². The van der Waals surface area contributed by atoms with Crippen molar-refractivity contribution in [2.75, 3.05) is 19.0 Å². The SMILES string of the molecule is CC.Cc1ccc(-c2cnc(N)c(-c3cc(-c4ccc(CNCCF)cc4)no3)n2)cc1. The van der Waals surface area contributed by atoms with Crippen molar-refractivity contribution in [3.63, 3.8) is 0 Å². The Morgan fingerprint density at radius 1 is 0.969 bits per heavy atom. The number of nitrogens with zero attached hydrogens (tertiary/aromatic N) is 3. The van der Waals surface area contributed by atoms with Gasteiger partial charge < -0.3 is 15.6 Å². The van der Waals surface area contributed by atoms with Gasteiger partial charge in [0, 0.05) is 30.3 Å². The predicted molar refractivity (Wildman–Crippen MR) is 127 cm³/mol. The Morgan fingerprint density at radius 3 is 2.31 bits per heavy atom. The van der Waals surface area contributed by atoms with Gasteiger partial charge >= 0.3 is 0 Å². The molecule has 0 saturated heterocycles. The van der Waals surface area contributed by atoms with Gasteiger partial charge in [-0.15, -0.1) is 0 Å². The van der Waals surface area contributed by atoms with Crippen LogP contribution >= 0.6 is 0 Å².